The molecule has 23 heavy (non-hydrogen) atoms. The largest absolute Gasteiger partial charge is 0.304 e. The van der Waals surface area contributed by atoms with E-state index in [1.54, 1.807) is 18.6 Å². The molecule has 112 valence electrons. The zero-order valence-electron chi connectivity index (χ0n) is 11.7. The van der Waals surface area contributed by atoms with E-state index in [1.807, 2.05) is 30.3 Å². The molecule has 0 fully saturated rings. The lowest BCUT2D eigenvalue weighted by Gasteiger charge is -1.98. The van der Waals surface area contributed by atoms with E-state index < -0.39 is 0 Å². The van der Waals surface area contributed by atoms with E-state index in [1.165, 1.54) is 11.3 Å². The van der Waals surface area contributed by atoms with Crippen LogP contribution in [0.3, 0.4) is 0 Å². The van der Waals surface area contributed by atoms with Gasteiger partial charge in [0.1, 0.15) is 10.4 Å². The number of H-pyrrole nitrogens is 1. The molecule has 0 bridgehead atoms. The van der Waals surface area contributed by atoms with Crippen LogP contribution in [-0.2, 0) is 0 Å². The fourth-order valence-corrected chi connectivity index (χ4v) is 3.50. The number of rotatable bonds is 2. The first-order valence-electron chi connectivity index (χ1n) is 6.77. The second-order valence-electron chi connectivity index (χ2n) is 4.84. The van der Waals surface area contributed by atoms with Gasteiger partial charge in [-0.3, -0.25) is 9.78 Å². The molecule has 0 radical (unpaired) electrons. The fourth-order valence-electron chi connectivity index (χ4n) is 2.24. The Morgan fingerprint density at radius 1 is 1.13 bits per heavy atom. The molecule has 4 rings (SSSR count). The standard InChI is InChI=1S/C16H9BrN4OS/c17-10-3-1-9(2-4-10)13-7-11-14(23-13)16(22)21-15(20-11)12-8-18-5-6-19-12/h1-8H,(H,20,21,22). The molecule has 4 aromatic rings. The number of thiophene rings is 1. The molecular weight excluding hydrogens is 376 g/mol. The van der Waals surface area contributed by atoms with Gasteiger partial charge in [0, 0.05) is 21.7 Å². The van der Waals surface area contributed by atoms with Gasteiger partial charge in [0.15, 0.2) is 5.82 Å². The summed E-state index contributed by atoms with van der Waals surface area (Å²) in [6.45, 7) is 0. The Kier molecular flexibility index (Phi) is 3.51. The van der Waals surface area contributed by atoms with Gasteiger partial charge in [-0.2, -0.15) is 0 Å². The van der Waals surface area contributed by atoms with E-state index in [9.17, 15) is 4.79 Å². The molecule has 0 saturated carbocycles. The second-order valence-corrected chi connectivity index (χ2v) is 6.80. The maximum absolute atomic E-state index is 12.3. The smallest absolute Gasteiger partial charge is 0.269 e. The van der Waals surface area contributed by atoms with Gasteiger partial charge in [-0.05, 0) is 23.8 Å². The molecule has 1 aromatic carbocycles. The summed E-state index contributed by atoms with van der Waals surface area (Å²) in [5, 5.41) is 0. The SMILES string of the molecule is O=c1[nH]c(-c2cnccn2)nc2cc(-c3ccc(Br)cc3)sc12. The normalized spacial score (nSPS) is 11.0. The van der Waals surface area contributed by atoms with E-state index in [0.29, 0.717) is 21.7 Å². The Morgan fingerprint density at radius 2 is 1.96 bits per heavy atom. The predicted octanol–water partition coefficient (Wildman–Crippen LogP) is 3.87. The molecule has 0 aliphatic carbocycles. The van der Waals surface area contributed by atoms with Crippen LogP contribution in [0.5, 0.6) is 0 Å². The summed E-state index contributed by atoms with van der Waals surface area (Å²) in [5.74, 6) is 0.427. The Labute approximate surface area is 143 Å². The average molecular weight is 385 g/mol. The third-order valence-electron chi connectivity index (χ3n) is 3.32. The molecule has 1 N–H and O–H groups in total. The van der Waals surface area contributed by atoms with Gasteiger partial charge in [0.05, 0.1) is 11.7 Å². The zero-order chi connectivity index (χ0) is 15.8. The van der Waals surface area contributed by atoms with Gasteiger partial charge in [0.25, 0.3) is 5.56 Å². The van der Waals surface area contributed by atoms with Crippen LogP contribution in [0.2, 0.25) is 0 Å². The molecule has 3 aromatic heterocycles. The van der Waals surface area contributed by atoms with Gasteiger partial charge < -0.3 is 4.98 Å². The Balaban J connectivity index is 1.87. The molecule has 0 spiro atoms. The van der Waals surface area contributed by atoms with Crippen LogP contribution in [0.25, 0.3) is 32.2 Å². The number of hydrogen-bond acceptors (Lipinski definition) is 5. The summed E-state index contributed by atoms with van der Waals surface area (Å²) >= 11 is 4.85. The van der Waals surface area contributed by atoms with Crippen molar-refractivity contribution < 1.29 is 0 Å². The molecule has 0 aliphatic heterocycles. The monoisotopic (exact) mass is 384 g/mol. The average Bonchev–Trinajstić information content (AvgIpc) is 3.01. The van der Waals surface area contributed by atoms with Crippen molar-refractivity contribution in [2.24, 2.45) is 0 Å². The van der Waals surface area contributed by atoms with Crippen molar-refractivity contribution in [3.05, 3.63) is 63.7 Å². The highest BCUT2D eigenvalue weighted by Crippen LogP contribution is 2.32. The van der Waals surface area contributed by atoms with Crippen LogP contribution in [0.1, 0.15) is 0 Å². The van der Waals surface area contributed by atoms with Crippen LogP contribution in [0, 0.1) is 0 Å². The highest BCUT2D eigenvalue weighted by Gasteiger charge is 2.12. The van der Waals surface area contributed by atoms with Crippen molar-refractivity contribution in [3.8, 4) is 22.0 Å². The summed E-state index contributed by atoms with van der Waals surface area (Å²) in [5.41, 5.74) is 2.10. The molecule has 0 unspecified atom stereocenters. The van der Waals surface area contributed by atoms with Gasteiger partial charge in [0.2, 0.25) is 0 Å². The summed E-state index contributed by atoms with van der Waals surface area (Å²) in [7, 11) is 0. The molecule has 0 saturated heterocycles. The Morgan fingerprint density at radius 3 is 2.70 bits per heavy atom. The van der Waals surface area contributed by atoms with Crippen molar-refractivity contribution in [3.63, 3.8) is 0 Å². The highest BCUT2D eigenvalue weighted by atomic mass is 79.9. The molecule has 0 atom stereocenters. The Bertz CT molecular complexity index is 1040. The van der Waals surface area contributed by atoms with Crippen LogP contribution in [-0.4, -0.2) is 19.9 Å². The van der Waals surface area contributed by atoms with Crippen molar-refractivity contribution in [1.29, 1.82) is 0 Å². The first-order chi connectivity index (χ1) is 11.2. The minimum Gasteiger partial charge on any atom is -0.304 e. The first kappa shape index (κ1) is 14.2. The van der Waals surface area contributed by atoms with E-state index in [4.69, 9.17) is 0 Å². The number of benzene rings is 1. The van der Waals surface area contributed by atoms with Crippen LogP contribution in [0.15, 0.2) is 58.2 Å². The van der Waals surface area contributed by atoms with E-state index in [0.717, 1.165) is 14.9 Å². The zero-order valence-corrected chi connectivity index (χ0v) is 14.1. The third-order valence-corrected chi connectivity index (χ3v) is 5.02. The number of halogens is 1. The van der Waals surface area contributed by atoms with E-state index in [2.05, 4.69) is 35.9 Å². The first-order valence-corrected chi connectivity index (χ1v) is 8.38. The maximum atomic E-state index is 12.3. The predicted molar refractivity (Wildman–Crippen MR) is 94.4 cm³/mol. The lowest BCUT2D eigenvalue weighted by molar-refractivity contribution is 1.12. The van der Waals surface area contributed by atoms with E-state index in [-0.39, 0.29) is 5.56 Å². The molecule has 7 heteroatoms. The Hall–Kier alpha value is -2.38. The van der Waals surface area contributed by atoms with Gasteiger partial charge in [-0.15, -0.1) is 11.3 Å². The molecular formula is C16H9BrN4OS. The van der Waals surface area contributed by atoms with Crippen LogP contribution in [0.4, 0.5) is 0 Å². The van der Waals surface area contributed by atoms with Crippen molar-refractivity contribution >= 4 is 37.5 Å². The number of aromatic amines is 1. The number of fused-ring (bicyclic) bond motifs is 1. The van der Waals surface area contributed by atoms with Gasteiger partial charge in [-0.1, -0.05) is 28.1 Å². The van der Waals surface area contributed by atoms with Crippen molar-refractivity contribution in [1.82, 2.24) is 19.9 Å². The van der Waals surface area contributed by atoms with E-state index >= 15 is 0 Å². The minimum atomic E-state index is -0.163. The third kappa shape index (κ3) is 2.69. The van der Waals surface area contributed by atoms with Crippen LogP contribution >= 0.6 is 27.3 Å². The van der Waals surface area contributed by atoms with Crippen LogP contribution < -0.4 is 5.56 Å². The lowest BCUT2D eigenvalue weighted by atomic mass is 10.2. The molecule has 3 heterocycles. The topological polar surface area (TPSA) is 71.5 Å². The summed E-state index contributed by atoms with van der Waals surface area (Å²) < 4.78 is 1.62. The summed E-state index contributed by atoms with van der Waals surface area (Å²) in [4.78, 5) is 28.8. The van der Waals surface area contributed by atoms with Crippen molar-refractivity contribution in [2.75, 3.05) is 0 Å². The number of hydrogen-bond donors (Lipinski definition) is 1. The number of nitrogens with zero attached hydrogens (tertiary/aromatic N) is 3. The maximum Gasteiger partial charge on any atom is 0.269 e. The van der Waals surface area contributed by atoms with Crippen molar-refractivity contribution in [2.45, 2.75) is 0 Å². The number of aromatic nitrogens is 4. The quantitative estimate of drug-likeness (QED) is 0.569. The number of nitrogens with one attached hydrogen (secondary N) is 1. The summed E-state index contributed by atoms with van der Waals surface area (Å²) in [6, 6.07) is 9.89. The van der Waals surface area contributed by atoms with Gasteiger partial charge >= 0.3 is 0 Å². The van der Waals surface area contributed by atoms with Gasteiger partial charge in [-0.25, -0.2) is 9.97 Å². The minimum absolute atomic E-state index is 0.163. The molecule has 5 nitrogen and oxygen atoms in total. The summed E-state index contributed by atoms with van der Waals surface area (Å²) in [6.07, 6.45) is 4.73. The fraction of sp³-hybridized carbons (Fsp3) is 0. The lowest BCUT2D eigenvalue weighted by Crippen LogP contribution is -2.08. The molecule has 0 amide bonds. The highest BCUT2D eigenvalue weighted by molar-refractivity contribution is 9.10. The second kappa shape index (κ2) is 5.68. The molecule has 0 aliphatic rings.